The first-order valence-corrected chi connectivity index (χ1v) is 4.43. The summed E-state index contributed by atoms with van der Waals surface area (Å²) in [6.45, 7) is 8.55. The molecular weight excluding hydrogens is 152 g/mol. The van der Waals surface area contributed by atoms with Gasteiger partial charge in [-0.05, 0) is 27.2 Å². The smallest absolute Gasteiger partial charge is 0.224 e. The summed E-state index contributed by atoms with van der Waals surface area (Å²) < 4.78 is 0. The molecule has 0 bridgehead atoms. The van der Waals surface area contributed by atoms with E-state index in [2.05, 4.69) is 19.2 Å². The van der Waals surface area contributed by atoms with Gasteiger partial charge in [0.15, 0.2) is 0 Å². The van der Waals surface area contributed by atoms with Crippen LogP contribution in [0.2, 0.25) is 0 Å². The summed E-state index contributed by atoms with van der Waals surface area (Å²) in [4.78, 5) is 10.9. The monoisotopic (exact) mass is 172 g/mol. The van der Waals surface area contributed by atoms with Crippen LogP contribution in [0.5, 0.6) is 0 Å². The van der Waals surface area contributed by atoms with Crippen molar-refractivity contribution in [1.29, 1.82) is 0 Å². The molecule has 12 heavy (non-hydrogen) atoms. The van der Waals surface area contributed by atoms with Crippen molar-refractivity contribution in [3.8, 4) is 0 Å². The average Bonchev–Trinajstić information content (AvgIpc) is 2.00. The van der Waals surface area contributed by atoms with Gasteiger partial charge in [-0.1, -0.05) is 6.92 Å². The van der Waals surface area contributed by atoms with E-state index >= 15 is 0 Å². The number of carbonyl (C=O) groups excluding carboxylic acids is 1. The molecule has 1 amide bonds. The summed E-state index contributed by atoms with van der Waals surface area (Å²) in [7, 11) is 0. The molecule has 0 fully saturated rings. The quantitative estimate of drug-likeness (QED) is 0.647. The molecule has 0 aromatic heterocycles. The highest BCUT2D eigenvalue weighted by molar-refractivity contribution is 5.80. The molecule has 0 aromatic carbocycles. The van der Waals surface area contributed by atoms with Crippen LogP contribution in [0.3, 0.4) is 0 Å². The molecule has 0 saturated carbocycles. The lowest BCUT2D eigenvalue weighted by Crippen LogP contribution is -2.42. The maximum absolute atomic E-state index is 10.9. The minimum atomic E-state index is -0.441. The molecule has 0 radical (unpaired) electrons. The number of rotatable bonds is 5. The van der Waals surface area contributed by atoms with Gasteiger partial charge < -0.3 is 11.1 Å². The summed E-state index contributed by atoms with van der Waals surface area (Å²) in [6, 6.07) is 0.448. The largest absolute Gasteiger partial charge is 0.369 e. The van der Waals surface area contributed by atoms with Gasteiger partial charge in [0.2, 0.25) is 5.91 Å². The minimum absolute atomic E-state index is 0.252. The number of nitrogens with two attached hydrogens (primary N) is 1. The van der Waals surface area contributed by atoms with Gasteiger partial charge in [0.1, 0.15) is 0 Å². The first kappa shape index (κ1) is 11.4. The maximum atomic E-state index is 10.9. The van der Waals surface area contributed by atoms with E-state index in [1.54, 1.807) is 0 Å². The zero-order valence-electron chi connectivity index (χ0n) is 8.48. The van der Waals surface area contributed by atoms with Gasteiger partial charge in [0, 0.05) is 12.6 Å². The molecule has 72 valence electrons. The lowest BCUT2D eigenvalue weighted by atomic mass is 9.92. The lowest BCUT2D eigenvalue weighted by Gasteiger charge is -2.23. The van der Waals surface area contributed by atoms with Crippen LogP contribution in [-0.4, -0.2) is 18.5 Å². The van der Waals surface area contributed by atoms with E-state index in [1.807, 2.05) is 13.8 Å². The Kier molecular flexibility index (Phi) is 4.24. The van der Waals surface area contributed by atoms with Crippen molar-refractivity contribution in [2.45, 2.75) is 40.2 Å². The fourth-order valence-corrected chi connectivity index (χ4v) is 0.661. The van der Waals surface area contributed by atoms with Crippen molar-refractivity contribution in [2.24, 2.45) is 11.1 Å². The second-order valence-corrected chi connectivity index (χ2v) is 3.94. The van der Waals surface area contributed by atoms with E-state index < -0.39 is 5.41 Å². The number of nitrogens with one attached hydrogen (secondary N) is 1. The Morgan fingerprint density at radius 2 is 2.08 bits per heavy atom. The highest BCUT2D eigenvalue weighted by atomic mass is 16.1. The van der Waals surface area contributed by atoms with Crippen molar-refractivity contribution in [1.82, 2.24) is 5.32 Å². The molecular formula is C9H20N2O. The molecule has 0 saturated heterocycles. The molecule has 0 spiro atoms. The molecule has 3 N–H and O–H groups in total. The molecule has 0 aromatic rings. The van der Waals surface area contributed by atoms with Crippen LogP contribution in [0.4, 0.5) is 0 Å². The van der Waals surface area contributed by atoms with Crippen molar-refractivity contribution in [2.75, 3.05) is 6.54 Å². The first-order chi connectivity index (χ1) is 5.40. The van der Waals surface area contributed by atoms with E-state index in [9.17, 15) is 4.79 Å². The van der Waals surface area contributed by atoms with Gasteiger partial charge >= 0.3 is 0 Å². The normalized spacial score (nSPS) is 14.3. The fourth-order valence-electron chi connectivity index (χ4n) is 0.661. The van der Waals surface area contributed by atoms with Crippen molar-refractivity contribution < 1.29 is 4.79 Å². The van der Waals surface area contributed by atoms with Crippen LogP contribution in [0, 0.1) is 5.41 Å². The average molecular weight is 172 g/mol. The number of carbonyl (C=O) groups is 1. The Balaban J connectivity index is 3.83. The molecule has 0 aliphatic heterocycles. The molecule has 1 unspecified atom stereocenters. The van der Waals surface area contributed by atoms with E-state index in [1.165, 1.54) is 0 Å². The standard InChI is InChI=1S/C9H20N2O/c1-5-7(2)11-6-9(3,4)8(10)12/h7,11H,5-6H2,1-4H3,(H2,10,12). The predicted molar refractivity (Wildman–Crippen MR) is 50.7 cm³/mol. The highest BCUT2D eigenvalue weighted by Crippen LogP contribution is 2.12. The molecule has 3 heteroatoms. The van der Waals surface area contributed by atoms with Gasteiger partial charge in [-0.25, -0.2) is 0 Å². The van der Waals surface area contributed by atoms with E-state index in [0.29, 0.717) is 12.6 Å². The van der Waals surface area contributed by atoms with Crippen molar-refractivity contribution in [3.05, 3.63) is 0 Å². The molecule has 0 aliphatic rings. The van der Waals surface area contributed by atoms with Crippen molar-refractivity contribution >= 4 is 5.91 Å². The fraction of sp³-hybridized carbons (Fsp3) is 0.889. The van der Waals surface area contributed by atoms with Crippen LogP contribution >= 0.6 is 0 Å². The van der Waals surface area contributed by atoms with Gasteiger partial charge in [-0.3, -0.25) is 4.79 Å². The number of hydrogen-bond donors (Lipinski definition) is 2. The SMILES string of the molecule is CCC(C)NCC(C)(C)C(N)=O. The van der Waals surface area contributed by atoms with E-state index in [-0.39, 0.29) is 5.91 Å². The Bertz CT molecular complexity index is 155. The summed E-state index contributed by atoms with van der Waals surface area (Å²) in [6.07, 6.45) is 1.06. The highest BCUT2D eigenvalue weighted by Gasteiger charge is 2.24. The van der Waals surface area contributed by atoms with Crippen LogP contribution in [-0.2, 0) is 4.79 Å². The van der Waals surface area contributed by atoms with Crippen LogP contribution in [0.1, 0.15) is 34.1 Å². The Morgan fingerprint density at radius 3 is 2.42 bits per heavy atom. The maximum Gasteiger partial charge on any atom is 0.224 e. The molecule has 1 atom stereocenters. The third kappa shape index (κ3) is 3.72. The predicted octanol–water partition coefficient (Wildman–Crippen LogP) is 0.886. The van der Waals surface area contributed by atoms with E-state index in [4.69, 9.17) is 5.73 Å². The number of amides is 1. The minimum Gasteiger partial charge on any atom is -0.369 e. The molecule has 3 nitrogen and oxygen atoms in total. The van der Waals surface area contributed by atoms with Gasteiger partial charge in [-0.15, -0.1) is 0 Å². The zero-order chi connectivity index (χ0) is 9.78. The Labute approximate surface area is 74.7 Å². The topological polar surface area (TPSA) is 55.1 Å². The van der Waals surface area contributed by atoms with E-state index in [0.717, 1.165) is 6.42 Å². The van der Waals surface area contributed by atoms with Crippen LogP contribution < -0.4 is 11.1 Å². The zero-order valence-corrected chi connectivity index (χ0v) is 8.48. The molecule has 0 aliphatic carbocycles. The summed E-state index contributed by atoms with van der Waals surface area (Å²) >= 11 is 0. The number of hydrogen-bond acceptors (Lipinski definition) is 2. The van der Waals surface area contributed by atoms with Crippen molar-refractivity contribution in [3.63, 3.8) is 0 Å². The Hall–Kier alpha value is -0.570. The summed E-state index contributed by atoms with van der Waals surface area (Å²) in [5.74, 6) is -0.252. The third-order valence-corrected chi connectivity index (χ3v) is 2.17. The molecule has 0 heterocycles. The van der Waals surface area contributed by atoms with Gasteiger partial charge in [0.05, 0.1) is 5.41 Å². The summed E-state index contributed by atoms with van der Waals surface area (Å²) in [5.41, 5.74) is 4.78. The second kappa shape index (κ2) is 4.45. The first-order valence-electron chi connectivity index (χ1n) is 4.43. The second-order valence-electron chi connectivity index (χ2n) is 3.94. The van der Waals surface area contributed by atoms with Crippen LogP contribution in [0.15, 0.2) is 0 Å². The molecule has 0 rings (SSSR count). The lowest BCUT2D eigenvalue weighted by molar-refractivity contribution is -0.125. The van der Waals surface area contributed by atoms with Gasteiger partial charge in [0.25, 0.3) is 0 Å². The Morgan fingerprint density at radius 1 is 1.58 bits per heavy atom. The third-order valence-electron chi connectivity index (χ3n) is 2.17. The van der Waals surface area contributed by atoms with Gasteiger partial charge in [-0.2, -0.15) is 0 Å². The van der Waals surface area contributed by atoms with Crippen LogP contribution in [0.25, 0.3) is 0 Å². The number of primary amides is 1. The summed E-state index contributed by atoms with van der Waals surface area (Å²) in [5, 5.41) is 3.25.